The Morgan fingerprint density at radius 2 is 1.44 bits per heavy atom. The molecule has 2 aromatic carbocycles. The van der Waals surface area contributed by atoms with Crippen molar-refractivity contribution in [1.82, 2.24) is 0 Å². The van der Waals surface area contributed by atoms with Gasteiger partial charge < -0.3 is 14.2 Å². The van der Waals surface area contributed by atoms with Crippen LogP contribution in [-0.2, 0) is 30.9 Å². The summed E-state index contributed by atoms with van der Waals surface area (Å²) >= 11 is 0. The molecule has 1 aliphatic carbocycles. The summed E-state index contributed by atoms with van der Waals surface area (Å²) in [6, 6.07) is 11.2. The second-order valence-electron chi connectivity index (χ2n) is 7.34. The summed E-state index contributed by atoms with van der Waals surface area (Å²) in [6.45, 7) is 4.98. The van der Waals surface area contributed by atoms with Crippen molar-refractivity contribution in [3.05, 3.63) is 76.1 Å². The Labute approximate surface area is 185 Å². The zero-order valence-electron chi connectivity index (χ0n) is 18.0. The number of ketones is 2. The zero-order valence-corrected chi connectivity index (χ0v) is 18.0. The lowest BCUT2D eigenvalue weighted by Crippen LogP contribution is -2.54. The number of carbonyl (C=O) groups excluding carboxylic acids is 4. The predicted molar refractivity (Wildman–Crippen MR) is 114 cm³/mol. The molecule has 0 fully saturated rings. The average molecular weight is 434 g/mol. The molecule has 0 bridgehead atoms. The van der Waals surface area contributed by atoms with Gasteiger partial charge >= 0.3 is 11.9 Å². The maximum atomic E-state index is 13.7. The van der Waals surface area contributed by atoms with Gasteiger partial charge in [0.25, 0.3) is 0 Å². The lowest BCUT2D eigenvalue weighted by molar-refractivity contribution is -0.162. The van der Waals surface area contributed by atoms with Gasteiger partial charge in [-0.2, -0.15) is 0 Å². The lowest BCUT2D eigenvalue weighted by Gasteiger charge is -2.39. The van der Waals surface area contributed by atoms with Crippen LogP contribution in [0, 0.1) is 0 Å². The van der Waals surface area contributed by atoms with Gasteiger partial charge in [-0.1, -0.05) is 43.3 Å². The third-order valence-electron chi connectivity index (χ3n) is 5.70. The normalized spacial score (nSPS) is 15.8. The number of ether oxygens (including phenoxy) is 3. The van der Waals surface area contributed by atoms with E-state index in [9.17, 15) is 19.2 Å². The smallest absolute Gasteiger partial charge is 0.333 e. The van der Waals surface area contributed by atoms with Gasteiger partial charge in [0, 0.05) is 16.7 Å². The Morgan fingerprint density at radius 1 is 0.844 bits per heavy atom. The molecule has 4 rings (SSSR count). The number of rotatable bonds is 5. The molecule has 0 aromatic heterocycles. The number of allylic oxidation sites excluding steroid dienone is 1. The second-order valence-corrected chi connectivity index (χ2v) is 7.34. The van der Waals surface area contributed by atoms with Crippen LogP contribution < -0.4 is 4.74 Å². The molecule has 1 heterocycles. The quantitative estimate of drug-likeness (QED) is 0.526. The molecule has 2 aromatic rings. The molecule has 7 nitrogen and oxygen atoms in total. The number of hydrogen-bond donors (Lipinski definition) is 0. The Bertz CT molecular complexity index is 1170. The minimum atomic E-state index is -2.28. The number of hydrogen-bond acceptors (Lipinski definition) is 7. The average Bonchev–Trinajstić information content (AvgIpc) is 2.81. The highest BCUT2D eigenvalue weighted by molar-refractivity contribution is 6.32. The van der Waals surface area contributed by atoms with Gasteiger partial charge in [-0.15, -0.1) is 0 Å². The van der Waals surface area contributed by atoms with Crippen molar-refractivity contribution in [3.63, 3.8) is 0 Å². The van der Waals surface area contributed by atoms with E-state index in [2.05, 4.69) is 0 Å². The van der Waals surface area contributed by atoms with Crippen LogP contribution >= 0.6 is 0 Å². The van der Waals surface area contributed by atoms with Gasteiger partial charge in [-0.05, 0) is 31.9 Å². The molecule has 0 unspecified atom stereocenters. The molecule has 0 amide bonds. The van der Waals surface area contributed by atoms with E-state index in [-0.39, 0.29) is 47.0 Å². The summed E-state index contributed by atoms with van der Waals surface area (Å²) in [6.07, 6.45) is 0.439. The minimum Gasteiger partial charge on any atom is -0.465 e. The lowest BCUT2D eigenvalue weighted by atomic mass is 9.65. The van der Waals surface area contributed by atoms with Crippen LogP contribution in [0.3, 0.4) is 0 Å². The molecular formula is C25H22O7. The van der Waals surface area contributed by atoms with Crippen molar-refractivity contribution in [2.24, 2.45) is 0 Å². The summed E-state index contributed by atoms with van der Waals surface area (Å²) in [5.41, 5.74) is -1.61. The van der Waals surface area contributed by atoms with Gasteiger partial charge in [0.2, 0.25) is 11.2 Å². The third-order valence-corrected chi connectivity index (χ3v) is 5.70. The van der Waals surface area contributed by atoms with E-state index >= 15 is 0 Å². The largest absolute Gasteiger partial charge is 0.465 e. The van der Waals surface area contributed by atoms with E-state index in [1.54, 1.807) is 44.2 Å². The van der Waals surface area contributed by atoms with Crippen LogP contribution in [0.15, 0.2) is 53.8 Å². The minimum absolute atomic E-state index is 0.0359. The van der Waals surface area contributed by atoms with E-state index in [4.69, 9.17) is 14.2 Å². The number of carbonyl (C=O) groups is 4. The van der Waals surface area contributed by atoms with Crippen LogP contribution in [0.2, 0.25) is 0 Å². The molecule has 32 heavy (non-hydrogen) atoms. The Hall–Kier alpha value is -3.74. The highest BCUT2D eigenvalue weighted by Gasteiger charge is 2.63. The predicted octanol–water partition coefficient (Wildman–Crippen LogP) is 3.34. The summed E-state index contributed by atoms with van der Waals surface area (Å²) in [7, 11) is 0. The summed E-state index contributed by atoms with van der Waals surface area (Å²) in [4.78, 5) is 54.3. The Morgan fingerprint density at radius 3 is 2.00 bits per heavy atom. The van der Waals surface area contributed by atoms with E-state index in [1.165, 1.54) is 12.1 Å². The molecule has 0 saturated carbocycles. The van der Waals surface area contributed by atoms with E-state index < -0.39 is 28.9 Å². The molecule has 1 aliphatic heterocycles. The van der Waals surface area contributed by atoms with Crippen molar-refractivity contribution < 1.29 is 33.4 Å². The van der Waals surface area contributed by atoms with E-state index in [1.807, 2.05) is 6.92 Å². The SMILES string of the molecule is CCOC(=O)C1(C(=O)OCC)C2=C(Oc3cccc(CC)c31)C(=O)c1ccccc1C2=O. The van der Waals surface area contributed by atoms with E-state index in [0.717, 1.165) is 0 Å². The molecule has 0 N–H and O–H groups in total. The fraction of sp³-hybridized carbons (Fsp3) is 0.280. The highest BCUT2D eigenvalue weighted by atomic mass is 16.6. The molecule has 0 saturated heterocycles. The molecule has 0 spiro atoms. The first-order chi connectivity index (χ1) is 15.4. The van der Waals surface area contributed by atoms with Gasteiger partial charge in [0.1, 0.15) is 5.75 Å². The van der Waals surface area contributed by atoms with E-state index in [0.29, 0.717) is 12.0 Å². The van der Waals surface area contributed by atoms with Crippen molar-refractivity contribution in [3.8, 4) is 5.75 Å². The van der Waals surface area contributed by atoms with Crippen molar-refractivity contribution >= 4 is 23.5 Å². The van der Waals surface area contributed by atoms with Crippen LogP contribution in [0.1, 0.15) is 52.6 Å². The monoisotopic (exact) mass is 434 g/mol. The van der Waals surface area contributed by atoms with Gasteiger partial charge in [0.05, 0.1) is 18.8 Å². The maximum Gasteiger partial charge on any atom is 0.333 e. The Balaban J connectivity index is 2.15. The maximum absolute atomic E-state index is 13.7. The first-order valence-corrected chi connectivity index (χ1v) is 10.5. The first kappa shape index (κ1) is 21.5. The van der Waals surface area contributed by atoms with Crippen LogP contribution in [0.5, 0.6) is 5.75 Å². The fourth-order valence-electron chi connectivity index (χ4n) is 4.38. The summed E-state index contributed by atoms with van der Waals surface area (Å²) in [5, 5.41) is 0. The molecule has 164 valence electrons. The number of fused-ring (bicyclic) bond motifs is 2. The molecular weight excluding hydrogens is 412 g/mol. The van der Waals surface area contributed by atoms with Gasteiger partial charge in [0.15, 0.2) is 11.5 Å². The van der Waals surface area contributed by atoms with Gasteiger partial charge in [-0.25, -0.2) is 0 Å². The highest BCUT2D eigenvalue weighted by Crippen LogP contribution is 2.50. The van der Waals surface area contributed by atoms with Crippen LogP contribution in [0.4, 0.5) is 0 Å². The Kier molecular flexibility index (Phi) is 5.42. The number of benzene rings is 2. The second kappa shape index (κ2) is 8.07. The number of esters is 2. The molecule has 0 atom stereocenters. The number of aryl methyl sites for hydroxylation is 1. The molecule has 0 radical (unpaired) electrons. The zero-order chi connectivity index (χ0) is 23.0. The van der Waals surface area contributed by atoms with Crippen molar-refractivity contribution in [2.75, 3.05) is 13.2 Å². The van der Waals surface area contributed by atoms with Crippen molar-refractivity contribution in [1.29, 1.82) is 0 Å². The van der Waals surface area contributed by atoms with Crippen LogP contribution in [0.25, 0.3) is 0 Å². The standard InChI is InChI=1S/C25H22O7/c1-4-14-10-9-13-17-18(14)25(23(28)30-5-2,24(29)31-6-3)19-20(26)15-11-7-8-12-16(15)21(27)22(19)32-17/h7-13H,4-6H2,1-3H3. The summed E-state index contributed by atoms with van der Waals surface area (Å²) in [5.74, 6) is -3.39. The first-order valence-electron chi connectivity index (χ1n) is 10.5. The third kappa shape index (κ3) is 2.81. The van der Waals surface area contributed by atoms with Crippen molar-refractivity contribution in [2.45, 2.75) is 32.6 Å². The van der Waals surface area contributed by atoms with Crippen LogP contribution in [-0.4, -0.2) is 36.7 Å². The topological polar surface area (TPSA) is 96.0 Å². The number of Topliss-reactive ketones (excluding diaryl/α,β-unsaturated/α-hetero) is 2. The summed E-state index contributed by atoms with van der Waals surface area (Å²) < 4.78 is 16.6. The molecule has 7 heteroatoms. The van der Waals surface area contributed by atoms with Gasteiger partial charge in [-0.3, -0.25) is 19.2 Å². The molecule has 2 aliphatic rings. The fourth-order valence-corrected chi connectivity index (χ4v) is 4.38.